The number of fused-ring (bicyclic) bond motifs is 3. The highest BCUT2D eigenvalue weighted by Crippen LogP contribution is 2.30. The van der Waals surface area contributed by atoms with Gasteiger partial charge in [-0.25, -0.2) is 9.37 Å². The van der Waals surface area contributed by atoms with Gasteiger partial charge in [-0.15, -0.1) is 0 Å². The minimum atomic E-state index is -0.318. The Balaban J connectivity index is 1.48. The largest absolute Gasteiger partial charge is 0.261 e. The number of nitrogens with one attached hydrogen (secondary N) is 2. The molecule has 2 N–H and O–H groups in total. The molecule has 4 rings (SSSR count). The van der Waals surface area contributed by atoms with Gasteiger partial charge in [0.15, 0.2) is 5.65 Å². The maximum absolute atomic E-state index is 13.1. The van der Waals surface area contributed by atoms with Crippen LogP contribution < -0.4 is 4.72 Å². The fourth-order valence-corrected chi connectivity index (χ4v) is 4.02. The smallest absolute Gasteiger partial charge is 0.155 e. The Labute approximate surface area is 142 Å². The van der Waals surface area contributed by atoms with Gasteiger partial charge in [-0.1, -0.05) is 11.6 Å². The molecule has 1 aliphatic carbocycles. The molecule has 0 saturated heterocycles. The maximum atomic E-state index is 13.1. The molecule has 0 bridgehead atoms. The van der Waals surface area contributed by atoms with Crippen molar-refractivity contribution in [3.8, 4) is 0 Å². The molecule has 0 fully saturated rings. The van der Waals surface area contributed by atoms with E-state index in [9.17, 15) is 4.39 Å². The summed E-state index contributed by atoms with van der Waals surface area (Å²) in [4.78, 5) is 5.25. The van der Waals surface area contributed by atoms with Crippen LogP contribution in [0.15, 0.2) is 35.5 Å². The Hall–Kier alpha value is -1.63. The highest BCUT2D eigenvalue weighted by atomic mass is 35.5. The number of aryl methyl sites for hydroxylation is 1. The van der Waals surface area contributed by atoms with Crippen LogP contribution in [0, 0.1) is 5.82 Å². The predicted molar refractivity (Wildman–Crippen MR) is 90.1 cm³/mol. The van der Waals surface area contributed by atoms with Gasteiger partial charge >= 0.3 is 0 Å². The molecule has 0 saturated carbocycles. The van der Waals surface area contributed by atoms with E-state index in [2.05, 4.69) is 19.9 Å². The summed E-state index contributed by atoms with van der Waals surface area (Å²) in [5.74, 6) is -0.318. The average Bonchev–Trinajstić information content (AvgIpc) is 3.02. The van der Waals surface area contributed by atoms with Gasteiger partial charge in [-0.05, 0) is 60.5 Å². The first-order chi connectivity index (χ1) is 11.2. The number of hydrogen-bond acceptors (Lipinski definition) is 4. The molecule has 4 nitrogen and oxygen atoms in total. The summed E-state index contributed by atoms with van der Waals surface area (Å²) in [5, 5.41) is 8.53. The van der Waals surface area contributed by atoms with E-state index in [1.54, 1.807) is 6.07 Å². The fraction of sp³-hybridized carbons (Fsp3) is 0.250. The molecule has 0 spiro atoms. The lowest BCUT2D eigenvalue weighted by Gasteiger charge is -2.25. The molecule has 0 aliphatic heterocycles. The van der Waals surface area contributed by atoms with Crippen molar-refractivity contribution in [3.63, 3.8) is 0 Å². The average molecular weight is 349 g/mol. The quantitative estimate of drug-likeness (QED) is 0.705. The number of pyridine rings is 1. The minimum absolute atomic E-state index is 0.318. The van der Waals surface area contributed by atoms with Crippen LogP contribution in [0.1, 0.15) is 17.5 Å². The molecule has 7 heteroatoms. The Kier molecular flexibility index (Phi) is 3.97. The van der Waals surface area contributed by atoms with Gasteiger partial charge in [0.05, 0.1) is 11.2 Å². The highest BCUT2D eigenvalue weighted by Gasteiger charge is 2.21. The summed E-state index contributed by atoms with van der Waals surface area (Å²) in [5.41, 5.74) is 3.45. The van der Waals surface area contributed by atoms with E-state index in [0.29, 0.717) is 11.1 Å². The summed E-state index contributed by atoms with van der Waals surface area (Å²) < 4.78 is 16.5. The van der Waals surface area contributed by atoms with E-state index in [1.165, 1.54) is 35.2 Å². The third kappa shape index (κ3) is 2.94. The van der Waals surface area contributed by atoms with Crippen molar-refractivity contribution in [2.75, 3.05) is 0 Å². The van der Waals surface area contributed by atoms with Crippen LogP contribution in [0.25, 0.3) is 11.0 Å². The second-order valence-electron chi connectivity index (χ2n) is 5.63. The molecule has 1 aromatic carbocycles. The van der Waals surface area contributed by atoms with Gasteiger partial charge in [-0.2, -0.15) is 5.10 Å². The third-order valence-electron chi connectivity index (χ3n) is 4.12. The van der Waals surface area contributed by atoms with Crippen molar-refractivity contribution in [2.45, 2.75) is 30.2 Å². The van der Waals surface area contributed by atoms with Gasteiger partial charge in [0.1, 0.15) is 5.82 Å². The Morgan fingerprint density at radius 2 is 2.26 bits per heavy atom. The molecule has 2 heterocycles. The molecule has 3 aromatic rings. The summed E-state index contributed by atoms with van der Waals surface area (Å²) in [6.07, 6.45) is 6.71. The topological polar surface area (TPSA) is 53.6 Å². The number of halogens is 2. The SMILES string of the molecule is Fc1ccc(SNC2CCc3c(cnc4[nH]ncc34)C2)c(Cl)c1. The van der Waals surface area contributed by atoms with Crippen molar-refractivity contribution in [1.29, 1.82) is 0 Å². The molecular formula is C16H14ClFN4S. The highest BCUT2D eigenvalue weighted by molar-refractivity contribution is 7.97. The van der Waals surface area contributed by atoms with Gasteiger partial charge in [0.25, 0.3) is 0 Å². The zero-order valence-electron chi connectivity index (χ0n) is 12.1. The number of benzene rings is 1. The van der Waals surface area contributed by atoms with Gasteiger partial charge in [0.2, 0.25) is 0 Å². The van der Waals surface area contributed by atoms with Crippen molar-refractivity contribution in [2.24, 2.45) is 0 Å². The summed E-state index contributed by atoms with van der Waals surface area (Å²) in [7, 11) is 0. The van der Waals surface area contributed by atoms with Crippen LogP contribution in [-0.4, -0.2) is 21.2 Å². The molecule has 1 unspecified atom stereocenters. The molecule has 1 aliphatic rings. The van der Waals surface area contributed by atoms with Crippen LogP contribution in [0.3, 0.4) is 0 Å². The van der Waals surface area contributed by atoms with Gasteiger partial charge in [0, 0.05) is 22.5 Å². The minimum Gasteiger partial charge on any atom is -0.261 e. The first kappa shape index (κ1) is 14.9. The molecule has 0 radical (unpaired) electrons. The Morgan fingerprint density at radius 3 is 3.13 bits per heavy atom. The van der Waals surface area contributed by atoms with Crippen LogP contribution in [0.2, 0.25) is 5.02 Å². The zero-order chi connectivity index (χ0) is 15.8. The normalized spacial score (nSPS) is 17.4. The van der Waals surface area contributed by atoms with Crippen molar-refractivity contribution in [3.05, 3.63) is 52.6 Å². The number of aromatic amines is 1. The van der Waals surface area contributed by atoms with E-state index < -0.39 is 0 Å². The summed E-state index contributed by atoms with van der Waals surface area (Å²) in [6, 6.07) is 4.79. The first-order valence-electron chi connectivity index (χ1n) is 7.38. The molecule has 23 heavy (non-hydrogen) atoms. The molecule has 0 amide bonds. The number of hydrogen-bond donors (Lipinski definition) is 2. The summed E-state index contributed by atoms with van der Waals surface area (Å²) in [6.45, 7) is 0. The number of rotatable bonds is 3. The molecule has 118 valence electrons. The zero-order valence-corrected chi connectivity index (χ0v) is 13.7. The summed E-state index contributed by atoms with van der Waals surface area (Å²) >= 11 is 7.51. The Bertz CT molecular complexity index is 866. The van der Waals surface area contributed by atoms with E-state index >= 15 is 0 Å². The van der Waals surface area contributed by atoms with Crippen LogP contribution >= 0.6 is 23.5 Å². The van der Waals surface area contributed by atoms with Crippen molar-refractivity contribution >= 4 is 34.6 Å². The van der Waals surface area contributed by atoms with E-state index in [-0.39, 0.29) is 5.82 Å². The molecule has 2 aromatic heterocycles. The molecule has 1 atom stereocenters. The van der Waals surface area contributed by atoms with Gasteiger partial charge < -0.3 is 0 Å². The van der Waals surface area contributed by atoms with E-state index in [0.717, 1.165) is 35.2 Å². The maximum Gasteiger partial charge on any atom is 0.155 e. The lowest BCUT2D eigenvalue weighted by Crippen LogP contribution is -2.30. The number of nitrogens with zero attached hydrogens (tertiary/aromatic N) is 2. The lowest BCUT2D eigenvalue weighted by atomic mass is 9.88. The van der Waals surface area contributed by atoms with Crippen LogP contribution in [0.4, 0.5) is 4.39 Å². The third-order valence-corrected chi connectivity index (χ3v) is 5.57. The first-order valence-corrected chi connectivity index (χ1v) is 8.57. The van der Waals surface area contributed by atoms with Gasteiger partial charge in [-0.3, -0.25) is 9.82 Å². The second-order valence-corrected chi connectivity index (χ2v) is 6.92. The monoisotopic (exact) mass is 348 g/mol. The predicted octanol–water partition coefficient (Wildman–Crippen LogP) is 3.90. The Morgan fingerprint density at radius 1 is 1.35 bits per heavy atom. The lowest BCUT2D eigenvalue weighted by molar-refractivity contribution is 0.547. The fourth-order valence-electron chi connectivity index (χ4n) is 2.95. The number of aromatic nitrogens is 3. The van der Waals surface area contributed by atoms with Crippen molar-refractivity contribution in [1.82, 2.24) is 19.9 Å². The van der Waals surface area contributed by atoms with E-state index in [4.69, 9.17) is 11.6 Å². The van der Waals surface area contributed by atoms with Crippen LogP contribution in [-0.2, 0) is 12.8 Å². The van der Waals surface area contributed by atoms with E-state index in [1.807, 2.05) is 12.4 Å². The number of H-pyrrole nitrogens is 1. The van der Waals surface area contributed by atoms with Crippen molar-refractivity contribution < 1.29 is 4.39 Å². The second kappa shape index (κ2) is 6.11. The molecular weight excluding hydrogens is 335 g/mol. The van der Waals surface area contributed by atoms with Crippen LogP contribution in [0.5, 0.6) is 0 Å². The standard InChI is InChI=1S/C16H14ClFN4S/c17-14-6-10(18)1-4-15(14)23-22-11-2-3-12-9(5-11)7-19-16-13(12)8-20-21-16/h1,4,6-8,11,22H,2-3,5H2,(H,19,20,21).